The minimum Gasteiger partial charge on any atom is -0.356 e. The molecule has 0 radical (unpaired) electrons. The Kier molecular flexibility index (Phi) is 6.28. The second-order valence-corrected chi connectivity index (χ2v) is 9.85. The highest BCUT2D eigenvalue weighted by molar-refractivity contribution is 7.92. The molecular formula is C18H28N4O3S. The molecule has 0 saturated carbocycles. The highest BCUT2D eigenvalue weighted by Crippen LogP contribution is 2.23. The van der Waals surface area contributed by atoms with Crippen LogP contribution >= 0.6 is 0 Å². The summed E-state index contributed by atoms with van der Waals surface area (Å²) in [6.07, 6.45) is 0.800. The van der Waals surface area contributed by atoms with Gasteiger partial charge in [-0.25, -0.2) is 8.42 Å². The highest BCUT2D eigenvalue weighted by Gasteiger charge is 2.40. The minimum absolute atomic E-state index is 0.0883. The van der Waals surface area contributed by atoms with Crippen LogP contribution in [-0.4, -0.2) is 62.4 Å². The first-order chi connectivity index (χ1) is 12.1. The summed E-state index contributed by atoms with van der Waals surface area (Å²) in [6, 6.07) is 7.71. The average Bonchev–Trinajstić information content (AvgIpc) is 2.55. The molecule has 0 atom stereocenters. The van der Waals surface area contributed by atoms with Gasteiger partial charge in [0.1, 0.15) is 0 Å². The summed E-state index contributed by atoms with van der Waals surface area (Å²) in [5, 5.41) is 6.05. The summed E-state index contributed by atoms with van der Waals surface area (Å²) in [5.74, 6) is 0.781. The normalized spacial score (nSPS) is 19.1. The van der Waals surface area contributed by atoms with E-state index in [1.807, 2.05) is 29.2 Å². The molecule has 1 saturated heterocycles. The lowest BCUT2D eigenvalue weighted by atomic mass is 10.1. The minimum atomic E-state index is -3.07. The smallest absolute Gasteiger partial charge is 0.221 e. The van der Waals surface area contributed by atoms with Crippen LogP contribution in [0.15, 0.2) is 29.3 Å². The Morgan fingerprint density at radius 3 is 2.46 bits per heavy atom. The number of rotatable bonds is 4. The van der Waals surface area contributed by atoms with Crippen molar-refractivity contribution in [2.24, 2.45) is 4.99 Å². The number of nitrogens with one attached hydrogen (secondary N) is 2. The van der Waals surface area contributed by atoms with Crippen LogP contribution in [0.1, 0.15) is 26.3 Å². The third-order valence-corrected chi connectivity index (χ3v) is 7.06. The van der Waals surface area contributed by atoms with Gasteiger partial charge in [-0.3, -0.25) is 9.79 Å². The molecule has 1 aromatic carbocycles. The van der Waals surface area contributed by atoms with Gasteiger partial charge in [0.25, 0.3) is 0 Å². The second kappa shape index (κ2) is 8.07. The van der Waals surface area contributed by atoms with E-state index in [4.69, 9.17) is 0 Å². The van der Waals surface area contributed by atoms with Gasteiger partial charge in [-0.05, 0) is 38.0 Å². The predicted molar refractivity (Wildman–Crippen MR) is 105 cm³/mol. The first-order valence-electron chi connectivity index (χ1n) is 8.69. The number of nitrogens with zero attached hydrogens (tertiary/aromatic N) is 2. The molecule has 1 aromatic rings. The largest absolute Gasteiger partial charge is 0.356 e. The van der Waals surface area contributed by atoms with Crippen molar-refractivity contribution in [3.05, 3.63) is 29.8 Å². The fourth-order valence-electron chi connectivity index (χ4n) is 2.93. The molecule has 1 aliphatic heterocycles. The first kappa shape index (κ1) is 20.2. The van der Waals surface area contributed by atoms with Crippen LogP contribution in [0.5, 0.6) is 0 Å². The maximum atomic E-state index is 12.1. The Labute approximate surface area is 155 Å². The van der Waals surface area contributed by atoms with E-state index in [9.17, 15) is 13.2 Å². The summed E-state index contributed by atoms with van der Waals surface area (Å²) in [7, 11) is -1.36. The quantitative estimate of drug-likeness (QED) is 0.606. The lowest BCUT2D eigenvalue weighted by Gasteiger charge is -2.39. The fraction of sp³-hybridized carbons (Fsp3) is 0.556. The van der Waals surface area contributed by atoms with E-state index in [0.29, 0.717) is 19.6 Å². The second-order valence-electron chi connectivity index (χ2n) is 7.10. The number of carbonyl (C=O) groups is 1. The number of sulfone groups is 1. The van der Waals surface area contributed by atoms with Gasteiger partial charge in [0, 0.05) is 39.3 Å². The van der Waals surface area contributed by atoms with Gasteiger partial charge in [-0.1, -0.05) is 12.1 Å². The van der Waals surface area contributed by atoms with Gasteiger partial charge >= 0.3 is 0 Å². The van der Waals surface area contributed by atoms with E-state index in [1.54, 1.807) is 20.9 Å². The summed E-state index contributed by atoms with van der Waals surface area (Å²) < 4.78 is 23.5. The maximum absolute atomic E-state index is 12.1. The zero-order chi connectivity index (χ0) is 19.4. The number of amides is 1. The van der Waals surface area contributed by atoms with Crippen LogP contribution in [0.3, 0.4) is 0 Å². The Bertz CT molecular complexity index is 770. The molecule has 2 rings (SSSR count). The third kappa shape index (κ3) is 4.97. The Balaban J connectivity index is 1.89. The lowest BCUT2D eigenvalue weighted by molar-refractivity contribution is -0.114. The molecule has 1 heterocycles. The molecule has 0 spiro atoms. The molecule has 144 valence electrons. The van der Waals surface area contributed by atoms with E-state index in [1.165, 1.54) is 6.92 Å². The van der Waals surface area contributed by atoms with Crippen molar-refractivity contribution < 1.29 is 13.2 Å². The number of hydrogen-bond acceptors (Lipinski definition) is 4. The number of guanidine groups is 1. The van der Waals surface area contributed by atoms with E-state index in [-0.39, 0.29) is 11.7 Å². The number of aliphatic imine (C=N–C) groups is 1. The van der Waals surface area contributed by atoms with Gasteiger partial charge in [-0.15, -0.1) is 0 Å². The third-order valence-electron chi connectivity index (χ3n) is 4.53. The van der Waals surface area contributed by atoms with Gasteiger partial charge in [-0.2, -0.15) is 0 Å². The molecule has 2 N–H and O–H groups in total. The summed E-state index contributed by atoms with van der Waals surface area (Å²) in [5.41, 5.74) is 1.92. The highest BCUT2D eigenvalue weighted by atomic mass is 32.2. The molecule has 1 fully saturated rings. The molecule has 26 heavy (non-hydrogen) atoms. The van der Waals surface area contributed by atoms with Crippen LogP contribution in [0.4, 0.5) is 5.69 Å². The Hall–Kier alpha value is -2.09. The number of benzene rings is 1. The lowest BCUT2D eigenvalue weighted by Crippen LogP contribution is -2.57. The molecule has 0 aliphatic carbocycles. The number of anilines is 1. The molecule has 1 aliphatic rings. The van der Waals surface area contributed by atoms with Crippen molar-refractivity contribution >= 4 is 27.4 Å². The number of hydrogen-bond donors (Lipinski definition) is 2. The predicted octanol–water partition coefficient (Wildman–Crippen LogP) is 1.27. The molecule has 0 aromatic heterocycles. The molecular weight excluding hydrogens is 352 g/mol. The fourth-order valence-corrected chi connectivity index (χ4v) is 4.30. The molecule has 0 bridgehead atoms. The van der Waals surface area contributed by atoms with Crippen molar-refractivity contribution in [2.45, 2.75) is 31.9 Å². The molecule has 7 nitrogen and oxygen atoms in total. The van der Waals surface area contributed by atoms with Crippen molar-refractivity contribution in [1.29, 1.82) is 0 Å². The zero-order valence-electron chi connectivity index (χ0n) is 15.9. The number of carbonyl (C=O) groups excluding carboxylic acids is 1. The SMILES string of the molecule is CN=C(NCCc1ccc(NC(C)=O)cc1)N1CCS(=O)(=O)C(C)(C)C1. The van der Waals surface area contributed by atoms with Gasteiger partial charge in [0.05, 0.1) is 10.5 Å². The van der Waals surface area contributed by atoms with E-state index < -0.39 is 14.6 Å². The van der Waals surface area contributed by atoms with Crippen molar-refractivity contribution in [3.8, 4) is 0 Å². The summed E-state index contributed by atoms with van der Waals surface area (Å²) in [6.45, 7) is 6.58. The van der Waals surface area contributed by atoms with Crippen LogP contribution < -0.4 is 10.6 Å². The van der Waals surface area contributed by atoms with Crippen molar-refractivity contribution in [3.63, 3.8) is 0 Å². The monoisotopic (exact) mass is 380 g/mol. The molecule has 0 unspecified atom stereocenters. The zero-order valence-corrected chi connectivity index (χ0v) is 16.7. The van der Waals surface area contributed by atoms with Crippen LogP contribution in [0, 0.1) is 0 Å². The van der Waals surface area contributed by atoms with Crippen molar-refractivity contribution in [1.82, 2.24) is 10.2 Å². The molecule has 1 amide bonds. The maximum Gasteiger partial charge on any atom is 0.221 e. The van der Waals surface area contributed by atoms with Crippen LogP contribution in [0.2, 0.25) is 0 Å². The standard InChI is InChI=1S/C18H28N4O3S/c1-14(23)21-16-7-5-15(6-8-16)9-10-20-17(19-4)22-11-12-26(24,25)18(2,3)13-22/h5-8H,9-13H2,1-4H3,(H,19,20)(H,21,23). The Morgan fingerprint density at radius 1 is 1.27 bits per heavy atom. The van der Waals surface area contributed by atoms with Crippen LogP contribution in [-0.2, 0) is 21.1 Å². The average molecular weight is 381 g/mol. The van der Waals surface area contributed by atoms with E-state index in [0.717, 1.165) is 23.6 Å². The first-order valence-corrected chi connectivity index (χ1v) is 10.3. The van der Waals surface area contributed by atoms with E-state index >= 15 is 0 Å². The van der Waals surface area contributed by atoms with Gasteiger partial charge in [0.2, 0.25) is 5.91 Å². The van der Waals surface area contributed by atoms with Gasteiger partial charge in [0.15, 0.2) is 15.8 Å². The van der Waals surface area contributed by atoms with Gasteiger partial charge < -0.3 is 15.5 Å². The van der Waals surface area contributed by atoms with Crippen molar-refractivity contribution in [2.75, 3.05) is 37.8 Å². The topological polar surface area (TPSA) is 90.9 Å². The Morgan fingerprint density at radius 2 is 1.92 bits per heavy atom. The van der Waals surface area contributed by atoms with Crippen LogP contribution in [0.25, 0.3) is 0 Å². The summed E-state index contributed by atoms with van der Waals surface area (Å²) in [4.78, 5) is 17.3. The summed E-state index contributed by atoms with van der Waals surface area (Å²) >= 11 is 0. The molecule has 8 heteroatoms. The van der Waals surface area contributed by atoms with E-state index in [2.05, 4.69) is 15.6 Å².